The molecular weight excluding hydrogens is 282 g/mol. The summed E-state index contributed by atoms with van der Waals surface area (Å²) in [5.41, 5.74) is 0.904. The predicted molar refractivity (Wildman–Crippen MR) is 77.3 cm³/mol. The van der Waals surface area contributed by atoms with E-state index in [0.717, 1.165) is 0 Å². The Kier molecular flexibility index (Phi) is 3.10. The van der Waals surface area contributed by atoms with Crippen LogP contribution < -0.4 is 0 Å². The number of esters is 2. The standard InChI is InChI=1S/C17H13NO4/c1-17(2)8-10(13(9-18)16(20)22-17)7-14-11-5-3-4-6-12(11)15(19)21-14/h3-7H,8H2,1-2H3/b14-7-. The van der Waals surface area contributed by atoms with Gasteiger partial charge in [0.1, 0.15) is 23.0 Å². The fourth-order valence-electron chi connectivity index (χ4n) is 2.61. The molecule has 0 saturated carbocycles. The van der Waals surface area contributed by atoms with Crippen LogP contribution >= 0.6 is 0 Å². The van der Waals surface area contributed by atoms with E-state index in [9.17, 15) is 14.9 Å². The largest absolute Gasteiger partial charge is 0.455 e. The van der Waals surface area contributed by atoms with Gasteiger partial charge >= 0.3 is 11.9 Å². The molecule has 5 nitrogen and oxygen atoms in total. The molecule has 2 heterocycles. The second-order valence-electron chi connectivity index (χ2n) is 5.78. The number of rotatable bonds is 1. The topological polar surface area (TPSA) is 76.4 Å². The van der Waals surface area contributed by atoms with Crippen molar-refractivity contribution in [1.82, 2.24) is 0 Å². The van der Waals surface area contributed by atoms with E-state index in [1.165, 1.54) is 0 Å². The van der Waals surface area contributed by atoms with Gasteiger partial charge in [0.2, 0.25) is 0 Å². The lowest BCUT2D eigenvalue weighted by Gasteiger charge is -2.30. The molecule has 0 aliphatic carbocycles. The summed E-state index contributed by atoms with van der Waals surface area (Å²) in [5.74, 6) is -0.726. The second kappa shape index (κ2) is 4.85. The first-order valence-electron chi connectivity index (χ1n) is 6.81. The number of nitriles is 1. The molecule has 0 fully saturated rings. The van der Waals surface area contributed by atoms with Crippen LogP contribution in [0, 0.1) is 11.3 Å². The number of carbonyl (C=O) groups excluding carboxylic acids is 2. The molecule has 1 aromatic carbocycles. The van der Waals surface area contributed by atoms with E-state index in [4.69, 9.17) is 9.47 Å². The molecular formula is C17H13NO4. The maximum Gasteiger partial charge on any atom is 0.349 e. The summed E-state index contributed by atoms with van der Waals surface area (Å²) >= 11 is 0. The van der Waals surface area contributed by atoms with E-state index in [1.807, 2.05) is 6.07 Å². The summed E-state index contributed by atoms with van der Waals surface area (Å²) in [6, 6.07) is 8.87. The van der Waals surface area contributed by atoms with Gasteiger partial charge in [-0.1, -0.05) is 18.2 Å². The van der Waals surface area contributed by atoms with E-state index in [-0.39, 0.29) is 5.57 Å². The number of allylic oxidation sites excluding steroid dienone is 1. The van der Waals surface area contributed by atoms with E-state index >= 15 is 0 Å². The molecule has 22 heavy (non-hydrogen) atoms. The van der Waals surface area contributed by atoms with Gasteiger partial charge in [-0.15, -0.1) is 0 Å². The summed E-state index contributed by atoms with van der Waals surface area (Å²) in [7, 11) is 0. The van der Waals surface area contributed by atoms with Gasteiger partial charge in [0.05, 0.1) is 5.56 Å². The van der Waals surface area contributed by atoms with Crippen molar-refractivity contribution in [3.05, 3.63) is 52.6 Å². The molecule has 0 bridgehead atoms. The van der Waals surface area contributed by atoms with E-state index in [1.54, 1.807) is 44.2 Å². The highest BCUT2D eigenvalue weighted by molar-refractivity contribution is 6.03. The molecule has 0 radical (unpaired) electrons. The van der Waals surface area contributed by atoms with Crippen LogP contribution in [0.5, 0.6) is 0 Å². The molecule has 3 rings (SSSR count). The highest BCUT2D eigenvalue weighted by Gasteiger charge is 2.35. The molecule has 2 aliphatic heterocycles. The van der Waals surface area contributed by atoms with Crippen molar-refractivity contribution in [2.75, 3.05) is 0 Å². The van der Waals surface area contributed by atoms with Crippen molar-refractivity contribution in [3.63, 3.8) is 0 Å². The monoisotopic (exact) mass is 295 g/mol. The maximum absolute atomic E-state index is 11.9. The first-order chi connectivity index (χ1) is 10.4. The van der Waals surface area contributed by atoms with Crippen LogP contribution in [0.15, 0.2) is 41.5 Å². The molecule has 0 spiro atoms. The van der Waals surface area contributed by atoms with Gasteiger partial charge in [-0.2, -0.15) is 5.26 Å². The average Bonchev–Trinajstić information content (AvgIpc) is 2.75. The molecule has 110 valence electrons. The molecule has 0 saturated heterocycles. The van der Waals surface area contributed by atoms with Crippen LogP contribution in [0.4, 0.5) is 0 Å². The molecule has 5 heteroatoms. The Morgan fingerprint density at radius 2 is 1.86 bits per heavy atom. The number of hydrogen-bond acceptors (Lipinski definition) is 5. The molecule has 0 N–H and O–H groups in total. The Labute approximate surface area is 127 Å². The minimum atomic E-state index is -0.702. The zero-order valence-electron chi connectivity index (χ0n) is 12.2. The van der Waals surface area contributed by atoms with Crippen LogP contribution in [0.3, 0.4) is 0 Å². The SMILES string of the molecule is CC1(C)CC(/C=C2\OC(=O)c3ccccc32)=C(C#N)C(=O)O1. The molecule has 2 aliphatic rings. The smallest absolute Gasteiger partial charge is 0.349 e. The zero-order valence-corrected chi connectivity index (χ0v) is 12.2. The molecule has 0 unspecified atom stereocenters. The molecule has 0 amide bonds. The Morgan fingerprint density at radius 3 is 2.55 bits per heavy atom. The van der Waals surface area contributed by atoms with Crippen LogP contribution in [0.2, 0.25) is 0 Å². The number of hydrogen-bond donors (Lipinski definition) is 0. The van der Waals surface area contributed by atoms with Gasteiger partial charge < -0.3 is 9.47 Å². The van der Waals surface area contributed by atoms with Crippen LogP contribution in [-0.2, 0) is 14.3 Å². The van der Waals surface area contributed by atoms with Crippen molar-refractivity contribution in [3.8, 4) is 6.07 Å². The van der Waals surface area contributed by atoms with E-state index in [0.29, 0.717) is 28.9 Å². The summed E-state index contributed by atoms with van der Waals surface area (Å²) in [4.78, 5) is 23.7. The summed E-state index contributed by atoms with van der Waals surface area (Å²) in [6.07, 6.45) is 1.97. The predicted octanol–water partition coefficient (Wildman–Crippen LogP) is 2.74. The third kappa shape index (κ3) is 2.29. The Hall–Kier alpha value is -2.87. The quantitative estimate of drug-likeness (QED) is 0.744. The van der Waals surface area contributed by atoms with E-state index in [2.05, 4.69) is 0 Å². The number of fused-ring (bicyclic) bond motifs is 1. The fraction of sp³-hybridized carbons (Fsp3) is 0.235. The lowest BCUT2D eigenvalue weighted by molar-refractivity contribution is -0.152. The van der Waals surface area contributed by atoms with Crippen molar-refractivity contribution in [2.24, 2.45) is 0 Å². The van der Waals surface area contributed by atoms with Gasteiger partial charge in [0, 0.05) is 12.0 Å². The van der Waals surface area contributed by atoms with Gasteiger partial charge in [-0.3, -0.25) is 0 Å². The van der Waals surface area contributed by atoms with Crippen molar-refractivity contribution in [2.45, 2.75) is 25.9 Å². The lowest BCUT2D eigenvalue weighted by atomic mass is 9.90. The van der Waals surface area contributed by atoms with Gasteiger partial charge in [-0.25, -0.2) is 9.59 Å². The second-order valence-corrected chi connectivity index (χ2v) is 5.78. The van der Waals surface area contributed by atoms with Gasteiger partial charge in [0.25, 0.3) is 0 Å². The minimum absolute atomic E-state index is 0.0488. The molecule has 0 atom stereocenters. The minimum Gasteiger partial charge on any atom is -0.455 e. The normalized spacial score (nSPS) is 21.2. The Morgan fingerprint density at radius 1 is 1.18 bits per heavy atom. The zero-order chi connectivity index (χ0) is 15.9. The fourth-order valence-corrected chi connectivity index (χ4v) is 2.61. The Balaban J connectivity index is 2.10. The summed E-state index contributed by atoms with van der Waals surface area (Å²) < 4.78 is 10.5. The number of carbonyl (C=O) groups is 2. The van der Waals surface area contributed by atoms with Gasteiger partial charge in [-0.05, 0) is 31.6 Å². The third-order valence-corrected chi connectivity index (χ3v) is 3.54. The number of ether oxygens (including phenoxy) is 2. The van der Waals surface area contributed by atoms with Crippen molar-refractivity contribution in [1.29, 1.82) is 5.26 Å². The highest BCUT2D eigenvalue weighted by Crippen LogP contribution is 2.35. The Bertz CT molecular complexity index is 793. The van der Waals surface area contributed by atoms with Crippen LogP contribution in [-0.4, -0.2) is 17.5 Å². The van der Waals surface area contributed by atoms with Crippen LogP contribution in [0.1, 0.15) is 36.2 Å². The molecule has 0 aromatic heterocycles. The third-order valence-electron chi connectivity index (χ3n) is 3.54. The summed E-state index contributed by atoms with van der Waals surface area (Å²) in [5, 5.41) is 9.18. The number of nitrogens with zero attached hydrogens (tertiary/aromatic N) is 1. The number of cyclic esters (lactones) is 2. The first kappa shape index (κ1) is 14.1. The summed E-state index contributed by atoms with van der Waals surface area (Å²) in [6.45, 7) is 3.54. The number of benzene rings is 1. The average molecular weight is 295 g/mol. The first-order valence-corrected chi connectivity index (χ1v) is 6.81. The van der Waals surface area contributed by atoms with Crippen molar-refractivity contribution < 1.29 is 19.1 Å². The van der Waals surface area contributed by atoms with Gasteiger partial charge in [0.15, 0.2) is 0 Å². The maximum atomic E-state index is 11.9. The lowest BCUT2D eigenvalue weighted by Crippen LogP contribution is -2.33. The van der Waals surface area contributed by atoms with E-state index < -0.39 is 17.5 Å². The molecule has 1 aromatic rings. The highest BCUT2D eigenvalue weighted by atomic mass is 16.6. The van der Waals surface area contributed by atoms with Crippen LogP contribution in [0.25, 0.3) is 5.76 Å². The van der Waals surface area contributed by atoms with Crippen molar-refractivity contribution >= 4 is 17.7 Å².